The van der Waals surface area contributed by atoms with Gasteiger partial charge in [0.15, 0.2) is 0 Å². The fourth-order valence-electron chi connectivity index (χ4n) is 4.81. The summed E-state index contributed by atoms with van der Waals surface area (Å²) < 4.78 is 11.9. The maximum atomic E-state index is 6.97. The van der Waals surface area contributed by atoms with E-state index in [1.807, 2.05) is 0 Å². The molecule has 5 unspecified atom stereocenters. The van der Waals surface area contributed by atoms with Gasteiger partial charge in [0.2, 0.25) is 0 Å². The zero-order chi connectivity index (χ0) is 15.3. The fraction of sp³-hybridized carbons (Fsp3) is 1.00. The van der Waals surface area contributed by atoms with Gasteiger partial charge in [-0.1, -0.05) is 20.8 Å². The number of ether oxygens (including phenoxy) is 2. The van der Waals surface area contributed by atoms with E-state index in [1.165, 1.54) is 6.42 Å². The Kier molecular flexibility index (Phi) is 4.11. The van der Waals surface area contributed by atoms with Crippen molar-refractivity contribution in [2.75, 3.05) is 26.3 Å². The third-order valence-electron chi connectivity index (χ3n) is 6.41. The van der Waals surface area contributed by atoms with Gasteiger partial charge in [0.1, 0.15) is 0 Å². The molecular formula is C17H32N2O2. The summed E-state index contributed by atoms with van der Waals surface area (Å²) in [5.74, 6) is 0.525. The van der Waals surface area contributed by atoms with E-state index in [0.717, 1.165) is 39.1 Å². The lowest BCUT2D eigenvalue weighted by Gasteiger charge is -2.68. The van der Waals surface area contributed by atoms with Crippen LogP contribution < -0.4 is 5.73 Å². The minimum Gasteiger partial charge on any atom is -0.377 e. The molecule has 0 aromatic heterocycles. The molecule has 1 aliphatic carbocycles. The lowest BCUT2D eigenvalue weighted by atomic mass is 9.46. The number of morpholine rings is 1. The molecule has 2 heterocycles. The molecule has 4 nitrogen and oxygen atoms in total. The molecule has 0 radical (unpaired) electrons. The van der Waals surface area contributed by atoms with Gasteiger partial charge in [0, 0.05) is 42.6 Å². The van der Waals surface area contributed by atoms with Crippen LogP contribution in [-0.2, 0) is 9.47 Å². The van der Waals surface area contributed by atoms with Gasteiger partial charge in [-0.25, -0.2) is 0 Å². The summed E-state index contributed by atoms with van der Waals surface area (Å²) in [4.78, 5) is 2.58. The van der Waals surface area contributed by atoms with E-state index in [1.54, 1.807) is 0 Å². The topological polar surface area (TPSA) is 47.7 Å². The molecule has 21 heavy (non-hydrogen) atoms. The fourth-order valence-corrected chi connectivity index (χ4v) is 4.81. The first-order valence-corrected chi connectivity index (χ1v) is 8.66. The van der Waals surface area contributed by atoms with E-state index in [-0.39, 0.29) is 11.0 Å². The minimum absolute atomic E-state index is 0.0674. The molecule has 0 bridgehead atoms. The first-order valence-electron chi connectivity index (χ1n) is 8.66. The molecule has 4 heteroatoms. The Morgan fingerprint density at radius 3 is 2.76 bits per heavy atom. The Bertz CT molecular complexity index is 387. The molecule has 0 aromatic carbocycles. The second-order valence-corrected chi connectivity index (χ2v) is 7.94. The molecule has 3 rings (SSSR count). The van der Waals surface area contributed by atoms with Crippen LogP contribution in [-0.4, -0.2) is 55.0 Å². The normalized spacial score (nSPS) is 46.7. The molecule has 2 saturated heterocycles. The van der Waals surface area contributed by atoms with Crippen molar-refractivity contribution in [1.29, 1.82) is 0 Å². The molecule has 0 aromatic rings. The highest BCUT2D eigenvalue weighted by Crippen LogP contribution is 2.57. The number of rotatable bonds is 3. The summed E-state index contributed by atoms with van der Waals surface area (Å²) in [6.45, 7) is 12.8. The molecule has 0 amide bonds. The molecule has 122 valence electrons. The monoisotopic (exact) mass is 296 g/mol. The Balaban J connectivity index is 1.75. The third-order valence-corrected chi connectivity index (χ3v) is 6.41. The summed E-state index contributed by atoms with van der Waals surface area (Å²) in [5, 5.41) is 0. The molecular weight excluding hydrogens is 264 g/mol. The predicted octanol–water partition coefficient (Wildman–Crippen LogP) is 2.02. The van der Waals surface area contributed by atoms with E-state index in [2.05, 4.69) is 32.6 Å². The molecule has 2 aliphatic heterocycles. The second-order valence-electron chi connectivity index (χ2n) is 7.94. The molecule has 1 saturated carbocycles. The highest BCUT2D eigenvalue weighted by atomic mass is 16.5. The summed E-state index contributed by atoms with van der Waals surface area (Å²) in [7, 11) is 0. The smallest absolute Gasteiger partial charge is 0.0690 e. The van der Waals surface area contributed by atoms with Crippen molar-refractivity contribution in [3.05, 3.63) is 0 Å². The van der Waals surface area contributed by atoms with Crippen molar-refractivity contribution in [1.82, 2.24) is 4.90 Å². The van der Waals surface area contributed by atoms with Gasteiger partial charge in [-0.3, -0.25) is 4.90 Å². The lowest BCUT2D eigenvalue weighted by Crippen LogP contribution is -2.81. The van der Waals surface area contributed by atoms with Crippen molar-refractivity contribution in [3.63, 3.8) is 0 Å². The van der Waals surface area contributed by atoms with Gasteiger partial charge in [0.05, 0.1) is 18.8 Å². The van der Waals surface area contributed by atoms with Gasteiger partial charge < -0.3 is 15.2 Å². The largest absolute Gasteiger partial charge is 0.377 e. The summed E-state index contributed by atoms with van der Waals surface area (Å²) in [6.07, 6.45) is 4.19. The van der Waals surface area contributed by atoms with Crippen LogP contribution in [0.15, 0.2) is 0 Å². The maximum absolute atomic E-state index is 6.97. The van der Waals surface area contributed by atoms with Crippen molar-refractivity contribution in [2.45, 2.75) is 70.7 Å². The van der Waals surface area contributed by atoms with E-state index in [4.69, 9.17) is 15.2 Å². The van der Waals surface area contributed by atoms with Gasteiger partial charge in [0.25, 0.3) is 0 Å². The first kappa shape index (κ1) is 15.7. The van der Waals surface area contributed by atoms with Crippen LogP contribution in [0.2, 0.25) is 0 Å². The Morgan fingerprint density at radius 1 is 1.29 bits per heavy atom. The van der Waals surface area contributed by atoms with E-state index in [9.17, 15) is 0 Å². The number of hydrogen-bond acceptors (Lipinski definition) is 4. The average molecular weight is 296 g/mol. The molecule has 3 aliphatic rings. The lowest BCUT2D eigenvalue weighted by molar-refractivity contribution is -0.236. The van der Waals surface area contributed by atoms with Crippen LogP contribution in [0.4, 0.5) is 0 Å². The van der Waals surface area contributed by atoms with Crippen LogP contribution in [0.25, 0.3) is 0 Å². The number of nitrogens with zero attached hydrogens (tertiary/aromatic N) is 1. The Morgan fingerprint density at radius 2 is 2.05 bits per heavy atom. The highest BCUT2D eigenvalue weighted by Gasteiger charge is 2.66. The van der Waals surface area contributed by atoms with Crippen LogP contribution >= 0.6 is 0 Å². The number of fused-ring (bicyclic) bond motifs is 1. The van der Waals surface area contributed by atoms with Crippen molar-refractivity contribution in [2.24, 2.45) is 17.1 Å². The number of nitrogens with two attached hydrogens (primary N) is 1. The van der Waals surface area contributed by atoms with Crippen molar-refractivity contribution in [3.8, 4) is 0 Å². The SMILES string of the molecule is CCC1COC(C)CN1CC1(N)C2CCCOC2C1(C)C. The van der Waals surface area contributed by atoms with Crippen molar-refractivity contribution >= 4 is 0 Å². The third kappa shape index (κ3) is 2.35. The second kappa shape index (κ2) is 5.48. The molecule has 2 N–H and O–H groups in total. The number of hydrogen-bond donors (Lipinski definition) is 1. The summed E-state index contributed by atoms with van der Waals surface area (Å²) in [5.41, 5.74) is 6.91. The van der Waals surface area contributed by atoms with E-state index >= 15 is 0 Å². The highest BCUT2D eigenvalue weighted by molar-refractivity contribution is 5.21. The van der Waals surface area contributed by atoms with Gasteiger partial charge in [-0.15, -0.1) is 0 Å². The molecule has 3 fully saturated rings. The van der Waals surface area contributed by atoms with Crippen LogP contribution in [0, 0.1) is 11.3 Å². The summed E-state index contributed by atoms with van der Waals surface area (Å²) >= 11 is 0. The summed E-state index contributed by atoms with van der Waals surface area (Å²) in [6, 6.07) is 0.515. The molecule has 0 spiro atoms. The Hall–Kier alpha value is -0.160. The predicted molar refractivity (Wildman–Crippen MR) is 84.2 cm³/mol. The van der Waals surface area contributed by atoms with Gasteiger partial charge in [-0.05, 0) is 26.2 Å². The zero-order valence-corrected chi connectivity index (χ0v) is 14.1. The quantitative estimate of drug-likeness (QED) is 0.865. The standard InChI is InChI=1S/C17H32N2O2/c1-5-13-10-21-12(2)9-19(13)11-17(18)14-7-6-8-20-15(14)16(17,3)4/h12-15H,5-11,18H2,1-4H3. The molecule has 5 atom stereocenters. The van der Waals surface area contributed by atoms with Gasteiger partial charge in [-0.2, -0.15) is 0 Å². The van der Waals surface area contributed by atoms with Crippen LogP contribution in [0.3, 0.4) is 0 Å². The van der Waals surface area contributed by atoms with Crippen LogP contribution in [0.1, 0.15) is 47.0 Å². The van der Waals surface area contributed by atoms with Gasteiger partial charge >= 0.3 is 0 Å². The zero-order valence-electron chi connectivity index (χ0n) is 14.1. The average Bonchev–Trinajstić information content (AvgIpc) is 2.47. The van der Waals surface area contributed by atoms with E-state index in [0.29, 0.717) is 24.2 Å². The van der Waals surface area contributed by atoms with E-state index < -0.39 is 0 Å². The first-order chi connectivity index (χ1) is 9.90. The Labute approximate surface area is 129 Å². The van der Waals surface area contributed by atoms with Crippen molar-refractivity contribution < 1.29 is 9.47 Å². The minimum atomic E-state index is -0.122. The maximum Gasteiger partial charge on any atom is 0.0690 e. The van der Waals surface area contributed by atoms with Crippen LogP contribution in [0.5, 0.6) is 0 Å².